The van der Waals surface area contributed by atoms with Crippen molar-refractivity contribution in [3.63, 3.8) is 0 Å². The van der Waals surface area contributed by atoms with E-state index >= 15 is 0 Å². The lowest BCUT2D eigenvalue weighted by atomic mass is 9.97. The van der Waals surface area contributed by atoms with Crippen molar-refractivity contribution >= 4 is 11.8 Å². The standard InChI is InChI=1S/C18H15NO5/c20-14-10-13(19-16(17(14)21)18(22)23)12-8-4-5-9-15(12)24-11-6-2-1-3-7-11/h1-10,13,16,19-20H,(H,22,23). The smallest absolute Gasteiger partial charge is 0.329 e. The molecule has 2 aromatic carbocycles. The topological polar surface area (TPSA) is 95.9 Å². The predicted molar refractivity (Wildman–Crippen MR) is 86.0 cm³/mol. The van der Waals surface area contributed by atoms with E-state index in [4.69, 9.17) is 9.84 Å². The van der Waals surface area contributed by atoms with Crippen molar-refractivity contribution < 1.29 is 24.5 Å². The molecule has 0 fully saturated rings. The van der Waals surface area contributed by atoms with E-state index in [-0.39, 0.29) is 0 Å². The molecule has 0 bridgehead atoms. The molecule has 0 saturated carbocycles. The quantitative estimate of drug-likeness (QED) is 0.748. The van der Waals surface area contributed by atoms with Crippen molar-refractivity contribution in [1.29, 1.82) is 0 Å². The third-order valence-corrected chi connectivity index (χ3v) is 3.66. The van der Waals surface area contributed by atoms with Gasteiger partial charge >= 0.3 is 5.97 Å². The van der Waals surface area contributed by atoms with Gasteiger partial charge in [0.05, 0.1) is 6.04 Å². The Hall–Kier alpha value is -3.12. The second kappa shape index (κ2) is 6.55. The van der Waals surface area contributed by atoms with E-state index in [1.54, 1.807) is 36.4 Å². The lowest BCUT2D eigenvalue weighted by Crippen LogP contribution is -2.48. The Kier molecular flexibility index (Phi) is 4.31. The number of carbonyl (C=O) groups is 2. The fourth-order valence-corrected chi connectivity index (χ4v) is 2.50. The third-order valence-electron chi connectivity index (χ3n) is 3.66. The van der Waals surface area contributed by atoms with Crippen LogP contribution in [0.4, 0.5) is 0 Å². The summed E-state index contributed by atoms with van der Waals surface area (Å²) < 4.78 is 5.84. The van der Waals surface area contributed by atoms with Crippen LogP contribution in [0.25, 0.3) is 0 Å². The van der Waals surface area contributed by atoms with E-state index in [1.807, 2.05) is 18.2 Å². The number of aliphatic hydroxyl groups excluding tert-OH is 1. The van der Waals surface area contributed by atoms with Crippen LogP contribution in [0, 0.1) is 0 Å². The molecule has 0 saturated heterocycles. The van der Waals surface area contributed by atoms with E-state index < -0.39 is 29.6 Å². The number of carbonyl (C=O) groups excluding carboxylic acids is 1. The molecule has 6 heteroatoms. The number of para-hydroxylation sites is 2. The summed E-state index contributed by atoms with van der Waals surface area (Å²) >= 11 is 0. The van der Waals surface area contributed by atoms with E-state index in [0.29, 0.717) is 17.1 Å². The fourth-order valence-electron chi connectivity index (χ4n) is 2.50. The first kappa shape index (κ1) is 15.8. The molecule has 1 aliphatic heterocycles. The first-order chi connectivity index (χ1) is 11.6. The summed E-state index contributed by atoms with van der Waals surface area (Å²) in [6, 6.07) is 14.0. The molecule has 0 aromatic heterocycles. The second-order valence-corrected chi connectivity index (χ2v) is 5.28. The minimum Gasteiger partial charge on any atom is -0.504 e. The summed E-state index contributed by atoms with van der Waals surface area (Å²) in [7, 11) is 0. The summed E-state index contributed by atoms with van der Waals surface area (Å²) in [4.78, 5) is 22.9. The minimum absolute atomic E-state index is 0.503. The Morgan fingerprint density at radius 1 is 1.04 bits per heavy atom. The van der Waals surface area contributed by atoms with Gasteiger partial charge in [0.1, 0.15) is 11.5 Å². The highest BCUT2D eigenvalue weighted by Crippen LogP contribution is 2.32. The van der Waals surface area contributed by atoms with Crippen LogP contribution in [0.2, 0.25) is 0 Å². The van der Waals surface area contributed by atoms with Crippen molar-refractivity contribution in [3.05, 3.63) is 72.0 Å². The van der Waals surface area contributed by atoms with Crippen LogP contribution in [-0.4, -0.2) is 28.0 Å². The van der Waals surface area contributed by atoms with Gasteiger partial charge in [-0.05, 0) is 24.3 Å². The lowest BCUT2D eigenvalue weighted by molar-refractivity contribution is -0.143. The number of rotatable bonds is 4. The zero-order valence-corrected chi connectivity index (χ0v) is 12.5. The summed E-state index contributed by atoms with van der Waals surface area (Å²) in [5.41, 5.74) is 0.617. The lowest BCUT2D eigenvalue weighted by Gasteiger charge is -2.26. The van der Waals surface area contributed by atoms with Crippen LogP contribution in [0.3, 0.4) is 0 Å². The van der Waals surface area contributed by atoms with E-state index in [9.17, 15) is 14.7 Å². The van der Waals surface area contributed by atoms with E-state index in [1.165, 1.54) is 6.08 Å². The second-order valence-electron chi connectivity index (χ2n) is 5.28. The number of benzene rings is 2. The van der Waals surface area contributed by atoms with Gasteiger partial charge in [0, 0.05) is 5.56 Å². The number of ether oxygens (including phenoxy) is 1. The van der Waals surface area contributed by atoms with Crippen LogP contribution < -0.4 is 10.1 Å². The van der Waals surface area contributed by atoms with E-state index in [0.717, 1.165) is 0 Å². The Morgan fingerprint density at radius 3 is 2.42 bits per heavy atom. The van der Waals surface area contributed by atoms with Gasteiger partial charge in [-0.15, -0.1) is 0 Å². The molecule has 6 nitrogen and oxygen atoms in total. The molecule has 0 amide bonds. The first-order valence-electron chi connectivity index (χ1n) is 7.32. The third kappa shape index (κ3) is 3.13. The highest BCUT2D eigenvalue weighted by atomic mass is 16.5. The van der Waals surface area contributed by atoms with E-state index in [2.05, 4.69) is 5.32 Å². The number of carboxylic acid groups (broad SMARTS) is 1. The van der Waals surface area contributed by atoms with Gasteiger partial charge in [0.15, 0.2) is 11.8 Å². The van der Waals surface area contributed by atoms with Crippen molar-refractivity contribution in [2.45, 2.75) is 12.1 Å². The molecule has 3 N–H and O–H groups in total. The van der Waals surface area contributed by atoms with Crippen molar-refractivity contribution in [3.8, 4) is 11.5 Å². The van der Waals surface area contributed by atoms with Gasteiger partial charge < -0.3 is 14.9 Å². The summed E-state index contributed by atoms with van der Waals surface area (Å²) in [6.07, 6.45) is 1.29. The number of Topliss-reactive ketones (excluding diaryl/α,β-unsaturated/α-hetero) is 1. The molecule has 2 unspecified atom stereocenters. The van der Waals surface area contributed by atoms with Gasteiger partial charge in [0.25, 0.3) is 0 Å². The van der Waals surface area contributed by atoms with Crippen LogP contribution in [0.5, 0.6) is 11.5 Å². The number of aliphatic carboxylic acids is 1. The summed E-state index contributed by atoms with van der Waals surface area (Å²) in [6.45, 7) is 0. The zero-order chi connectivity index (χ0) is 17.1. The number of hydrogen-bond donors (Lipinski definition) is 3. The molecular weight excluding hydrogens is 310 g/mol. The molecule has 0 spiro atoms. The molecule has 1 heterocycles. The Labute approximate surface area is 138 Å². The van der Waals surface area contributed by atoms with Crippen molar-refractivity contribution in [2.75, 3.05) is 0 Å². The number of hydrogen-bond acceptors (Lipinski definition) is 5. The fraction of sp³-hybridized carbons (Fsp3) is 0.111. The average molecular weight is 325 g/mol. The van der Waals surface area contributed by atoms with Gasteiger partial charge in [-0.2, -0.15) is 0 Å². The minimum atomic E-state index is -1.50. The molecular formula is C18H15NO5. The van der Waals surface area contributed by atoms with Crippen LogP contribution in [0.1, 0.15) is 11.6 Å². The monoisotopic (exact) mass is 325 g/mol. The zero-order valence-electron chi connectivity index (χ0n) is 12.5. The molecule has 3 rings (SSSR count). The Morgan fingerprint density at radius 2 is 1.71 bits per heavy atom. The van der Waals surface area contributed by atoms with Crippen LogP contribution in [-0.2, 0) is 9.59 Å². The maximum absolute atomic E-state index is 11.7. The number of nitrogens with one attached hydrogen (secondary N) is 1. The highest BCUT2D eigenvalue weighted by Gasteiger charge is 2.36. The molecule has 122 valence electrons. The molecule has 24 heavy (non-hydrogen) atoms. The molecule has 0 aliphatic carbocycles. The van der Waals surface area contributed by atoms with Crippen molar-refractivity contribution in [2.24, 2.45) is 0 Å². The number of carboxylic acids is 1. The maximum Gasteiger partial charge on any atom is 0.329 e. The molecule has 2 aromatic rings. The Bertz CT molecular complexity index is 800. The first-order valence-corrected chi connectivity index (χ1v) is 7.32. The molecule has 0 radical (unpaired) electrons. The summed E-state index contributed by atoms with van der Waals surface area (Å²) in [5, 5.41) is 21.6. The van der Waals surface area contributed by atoms with Gasteiger partial charge in [-0.1, -0.05) is 36.4 Å². The molecule has 2 atom stereocenters. The normalized spacial score (nSPS) is 20.3. The number of aliphatic hydroxyl groups is 1. The van der Waals surface area contributed by atoms with Crippen LogP contribution in [0.15, 0.2) is 66.4 Å². The number of ketones is 1. The van der Waals surface area contributed by atoms with Crippen LogP contribution >= 0.6 is 0 Å². The average Bonchev–Trinajstić information content (AvgIpc) is 2.58. The molecule has 1 aliphatic rings. The predicted octanol–water partition coefficient (Wildman–Crippen LogP) is 2.59. The van der Waals surface area contributed by atoms with Gasteiger partial charge in [-0.3, -0.25) is 14.9 Å². The summed E-state index contributed by atoms with van der Waals surface area (Å²) in [5.74, 6) is -1.64. The van der Waals surface area contributed by atoms with Gasteiger partial charge in [-0.25, -0.2) is 0 Å². The maximum atomic E-state index is 11.7. The van der Waals surface area contributed by atoms with Crippen molar-refractivity contribution in [1.82, 2.24) is 5.32 Å². The Balaban J connectivity index is 1.95. The largest absolute Gasteiger partial charge is 0.504 e. The highest BCUT2D eigenvalue weighted by molar-refractivity contribution is 6.10. The SMILES string of the molecule is O=C(O)C1NC(c2ccccc2Oc2ccccc2)C=C(O)C1=O. The van der Waals surface area contributed by atoms with Gasteiger partial charge in [0.2, 0.25) is 5.78 Å².